The third-order valence-corrected chi connectivity index (χ3v) is 2.50. The zero-order valence-corrected chi connectivity index (χ0v) is 11.1. The molecule has 0 aliphatic rings. The Hall–Kier alpha value is -1.10. The smallest absolute Gasteiger partial charge is 0.230 e. The first-order valence-electron chi connectivity index (χ1n) is 5.21. The second-order valence-corrected chi connectivity index (χ2v) is 4.82. The average Bonchev–Trinajstić information content (AvgIpc) is 2.16. The molecule has 1 aromatic heterocycles. The van der Waals surface area contributed by atoms with Crippen LogP contribution in [0.25, 0.3) is 0 Å². The summed E-state index contributed by atoms with van der Waals surface area (Å²) in [5.74, 6) is 1.06. The fourth-order valence-corrected chi connectivity index (χ4v) is 1.14. The van der Waals surface area contributed by atoms with Crippen LogP contribution in [0.3, 0.4) is 0 Å². The Bertz CT molecular complexity index is 364. The van der Waals surface area contributed by atoms with Crippen LogP contribution in [-0.2, 0) is 0 Å². The third-order valence-electron chi connectivity index (χ3n) is 2.33. The first-order chi connectivity index (χ1) is 7.34. The largest absolute Gasteiger partial charge is 0.349 e. The highest BCUT2D eigenvalue weighted by molar-refractivity contribution is 6.28. The summed E-state index contributed by atoms with van der Waals surface area (Å²) >= 11 is 5.84. The topological polar surface area (TPSA) is 53.9 Å². The minimum Gasteiger partial charge on any atom is -0.349 e. The van der Waals surface area contributed by atoms with Gasteiger partial charge in [-0.2, -0.15) is 15.0 Å². The van der Waals surface area contributed by atoms with E-state index in [9.17, 15) is 0 Å². The SMILES string of the molecule is CCC(C)(C)Nc1nc(Cl)nc(N(C)C)n1. The quantitative estimate of drug-likeness (QED) is 0.879. The van der Waals surface area contributed by atoms with Gasteiger partial charge in [0.1, 0.15) is 0 Å². The number of hydrogen-bond donors (Lipinski definition) is 1. The van der Waals surface area contributed by atoms with Gasteiger partial charge < -0.3 is 10.2 Å². The fraction of sp³-hybridized carbons (Fsp3) is 0.700. The highest BCUT2D eigenvalue weighted by Gasteiger charge is 2.17. The molecule has 5 nitrogen and oxygen atoms in total. The maximum absolute atomic E-state index is 5.84. The molecule has 0 spiro atoms. The summed E-state index contributed by atoms with van der Waals surface area (Å²) in [4.78, 5) is 14.1. The minimum absolute atomic E-state index is 0.0612. The zero-order valence-electron chi connectivity index (χ0n) is 10.4. The van der Waals surface area contributed by atoms with E-state index in [1.165, 1.54) is 0 Å². The normalized spacial score (nSPS) is 11.4. The van der Waals surface area contributed by atoms with Gasteiger partial charge in [-0.05, 0) is 31.9 Å². The van der Waals surface area contributed by atoms with Crippen molar-refractivity contribution in [3.05, 3.63) is 5.28 Å². The molecule has 0 saturated carbocycles. The molecule has 0 radical (unpaired) electrons. The molecule has 0 aliphatic carbocycles. The second kappa shape index (κ2) is 4.82. The highest BCUT2D eigenvalue weighted by Crippen LogP contribution is 2.17. The van der Waals surface area contributed by atoms with Gasteiger partial charge in [-0.15, -0.1) is 0 Å². The molecule has 1 aromatic rings. The van der Waals surface area contributed by atoms with Crippen LogP contribution in [0.2, 0.25) is 5.28 Å². The van der Waals surface area contributed by atoms with Gasteiger partial charge in [0.15, 0.2) is 0 Å². The molecule has 0 bridgehead atoms. The van der Waals surface area contributed by atoms with Crippen molar-refractivity contribution in [1.29, 1.82) is 0 Å². The van der Waals surface area contributed by atoms with E-state index >= 15 is 0 Å². The van der Waals surface area contributed by atoms with E-state index in [4.69, 9.17) is 11.6 Å². The first-order valence-corrected chi connectivity index (χ1v) is 5.59. The summed E-state index contributed by atoms with van der Waals surface area (Å²) in [5, 5.41) is 3.43. The lowest BCUT2D eigenvalue weighted by Crippen LogP contribution is -2.31. The monoisotopic (exact) mass is 243 g/mol. The molecule has 1 N–H and O–H groups in total. The van der Waals surface area contributed by atoms with Crippen molar-refractivity contribution in [2.24, 2.45) is 0 Å². The molecule has 6 heteroatoms. The molecule has 90 valence electrons. The number of halogens is 1. The summed E-state index contributed by atoms with van der Waals surface area (Å²) in [7, 11) is 3.72. The summed E-state index contributed by atoms with van der Waals surface area (Å²) in [6.07, 6.45) is 0.966. The predicted molar refractivity (Wildman–Crippen MR) is 67.2 cm³/mol. The van der Waals surface area contributed by atoms with E-state index in [0.29, 0.717) is 11.9 Å². The van der Waals surface area contributed by atoms with Crippen LogP contribution in [0.15, 0.2) is 0 Å². The van der Waals surface area contributed by atoms with Gasteiger partial charge in [-0.1, -0.05) is 6.92 Å². The molecule has 1 heterocycles. The van der Waals surface area contributed by atoms with Crippen LogP contribution in [0.1, 0.15) is 27.2 Å². The maximum Gasteiger partial charge on any atom is 0.230 e. The number of anilines is 2. The molecule has 0 aromatic carbocycles. The van der Waals surface area contributed by atoms with Gasteiger partial charge in [0.2, 0.25) is 17.2 Å². The Labute approximate surface area is 101 Å². The first kappa shape index (κ1) is 13.0. The van der Waals surface area contributed by atoms with Gasteiger partial charge in [-0.3, -0.25) is 0 Å². The molecule has 0 amide bonds. The molecule has 0 saturated heterocycles. The van der Waals surface area contributed by atoms with E-state index in [1.54, 1.807) is 4.90 Å². The van der Waals surface area contributed by atoms with Crippen LogP contribution in [0.5, 0.6) is 0 Å². The van der Waals surface area contributed by atoms with E-state index < -0.39 is 0 Å². The van der Waals surface area contributed by atoms with Crippen LogP contribution in [0.4, 0.5) is 11.9 Å². The molecule has 0 fully saturated rings. The van der Waals surface area contributed by atoms with Gasteiger partial charge >= 0.3 is 0 Å². The predicted octanol–water partition coefficient (Wildman–Crippen LogP) is 2.19. The lowest BCUT2D eigenvalue weighted by Gasteiger charge is -2.24. The van der Waals surface area contributed by atoms with Gasteiger partial charge in [0.05, 0.1) is 0 Å². The lowest BCUT2D eigenvalue weighted by molar-refractivity contribution is 0.541. The van der Waals surface area contributed by atoms with E-state index in [0.717, 1.165) is 6.42 Å². The molecule has 0 unspecified atom stereocenters. The Morgan fingerprint density at radius 3 is 2.38 bits per heavy atom. The summed E-state index contributed by atoms with van der Waals surface area (Å²) in [5.41, 5.74) is -0.0612. The summed E-state index contributed by atoms with van der Waals surface area (Å²) in [6.45, 7) is 6.27. The van der Waals surface area contributed by atoms with Crippen LogP contribution in [0, 0.1) is 0 Å². The fourth-order valence-electron chi connectivity index (χ4n) is 0.987. The Morgan fingerprint density at radius 1 is 1.25 bits per heavy atom. The summed E-state index contributed by atoms with van der Waals surface area (Å²) < 4.78 is 0. The van der Waals surface area contributed by atoms with Crippen LogP contribution >= 0.6 is 11.6 Å². The van der Waals surface area contributed by atoms with E-state index in [2.05, 4.69) is 41.0 Å². The lowest BCUT2D eigenvalue weighted by atomic mass is 10.0. The summed E-state index contributed by atoms with van der Waals surface area (Å²) in [6, 6.07) is 0. The number of aromatic nitrogens is 3. The highest BCUT2D eigenvalue weighted by atomic mass is 35.5. The van der Waals surface area contributed by atoms with Gasteiger partial charge in [-0.25, -0.2) is 0 Å². The minimum atomic E-state index is -0.0612. The number of hydrogen-bond acceptors (Lipinski definition) is 5. The molecular weight excluding hydrogens is 226 g/mol. The molecule has 16 heavy (non-hydrogen) atoms. The van der Waals surface area contributed by atoms with E-state index in [-0.39, 0.29) is 10.8 Å². The van der Waals surface area contributed by atoms with Crippen LogP contribution in [-0.4, -0.2) is 34.6 Å². The molecule has 1 rings (SSSR count). The van der Waals surface area contributed by atoms with Crippen LogP contribution < -0.4 is 10.2 Å². The number of rotatable bonds is 4. The second-order valence-electron chi connectivity index (χ2n) is 4.48. The van der Waals surface area contributed by atoms with Gasteiger partial charge in [0.25, 0.3) is 0 Å². The van der Waals surface area contributed by atoms with Crippen molar-refractivity contribution < 1.29 is 0 Å². The Kier molecular flexibility index (Phi) is 3.91. The third kappa shape index (κ3) is 3.48. The Balaban J connectivity index is 2.97. The standard InChI is InChI=1S/C10H18ClN5/c1-6-10(2,3)15-8-12-7(11)13-9(14-8)16(4)5/h6H2,1-5H3,(H,12,13,14,15). The molecule has 0 atom stereocenters. The van der Waals surface area contributed by atoms with Crippen molar-refractivity contribution in [2.45, 2.75) is 32.7 Å². The molecular formula is C10H18ClN5. The maximum atomic E-state index is 5.84. The van der Waals surface area contributed by atoms with Crippen molar-refractivity contribution in [1.82, 2.24) is 15.0 Å². The Morgan fingerprint density at radius 2 is 1.88 bits per heavy atom. The van der Waals surface area contributed by atoms with E-state index in [1.807, 2.05) is 14.1 Å². The zero-order chi connectivity index (χ0) is 12.3. The number of nitrogens with zero attached hydrogens (tertiary/aromatic N) is 4. The van der Waals surface area contributed by atoms with Gasteiger partial charge in [0, 0.05) is 19.6 Å². The van der Waals surface area contributed by atoms with Crippen molar-refractivity contribution >= 4 is 23.5 Å². The average molecular weight is 244 g/mol. The van der Waals surface area contributed by atoms with Crippen molar-refractivity contribution in [3.63, 3.8) is 0 Å². The number of nitrogens with one attached hydrogen (secondary N) is 1. The van der Waals surface area contributed by atoms with Crippen molar-refractivity contribution in [2.75, 3.05) is 24.3 Å². The van der Waals surface area contributed by atoms with Crippen molar-refractivity contribution in [3.8, 4) is 0 Å². The molecule has 0 aliphatic heterocycles.